The quantitative estimate of drug-likeness (QED) is 0.534. The van der Waals surface area contributed by atoms with Crippen LogP contribution in [0.25, 0.3) is 0 Å². The Kier molecular flexibility index (Phi) is 4.75. The minimum atomic E-state index is 0.833. The highest BCUT2D eigenvalue weighted by Crippen LogP contribution is 2.12. The van der Waals surface area contributed by atoms with Crippen molar-refractivity contribution in [2.75, 3.05) is 20.2 Å². The molecule has 0 fully saturated rings. The number of rotatable bonds is 0. The summed E-state index contributed by atoms with van der Waals surface area (Å²) < 4.78 is 5.30. The van der Waals surface area contributed by atoms with Crippen molar-refractivity contribution in [2.45, 2.75) is 27.7 Å². The maximum absolute atomic E-state index is 5.30. The molecule has 1 heterocycles. The lowest BCUT2D eigenvalue weighted by molar-refractivity contribution is 0.144. The van der Waals surface area contributed by atoms with Gasteiger partial charge < -0.3 is 9.64 Å². The van der Waals surface area contributed by atoms with Gasteiger partial charge in [0.05, 0.1) is 6.54 Å². The monoisotopic (exact) mass is 157 g/mol. The third kappa shape index (κ3) is 2.83. The summed E-state index contributed by atoms with van der Waals surface area (Å²) in [5.74, 6) is 1.06. The maximum Gasteiger partial charge on any atom is 0.112 e. The molecule has 0 bridgehead atoms. The molecule has 2 nitrogen and oxygen atoms in total. The number of allylic oxidation sites excluding steroid dienone is 2. The summed E-state index contributed by atoms with van der Waals surface area (Å²) in [5, 5.41) is 0. The average molecular weight is 157 g/mol. The van der Waals surface area contributed by atoms with E-state index in [1.807, 2.05) is 20.8 Å². The Bertz CT molecular complexity index is 140. The van der Waals surface area contributed by atoms with Crippen LogP contribution in [0.1, 0.15) is 27.7 Å². The lowest BCUT2D eigenvalue weighted by Gasteiger charge is -2.27. The highest BCUT2D eigenvalue weighted by atomic mass is 16.5. The molecule has 1 aliphatic rings. The zero-order chi connectivity index (χ0) is 8.85. The lowest BCUT2D eigenvalue weighted by atomic mass is 10.3. The molecule has 0 aromatic carbocycles. The number of ether oxygens (including phenoxy) is 1. The minimum Gasteiger partial charge on any atom is -0.495 e. The number of nitrogens with zero attached hydrogens (tertiary/aromatic N) is 1. The van der Waals surface area contributed by atoms with Crippen LogP contribution >= 0.6 is 0 Å². The van der Waals surface area contributed by atoms with Crippen LogP contribution < -0.4 is 0 Å². The van der Waals surface area contributed by atoms with E-state index >= 15 is 0 Å². The first kappa shape index (κ1) is 10.3. The Morgan fingerprint density at radius 2 is 1.82 bits per heavy atom. The Labute approximate surface area is 69.8 Å². The van der Waals surface area contributed by atoms with Crippen LogP contribution in [0.4, 0.5) is 0 Å². The molecule has 0 aromatic heterocycles. The molecule has 0 saturated carbocycles. The molecule has 1 rings (SSSR count). The summed E-state index contributed by atoms with van der Waals surface area (Å²) in [7, 11) is 2.08. The van der Waals surface area contributed by atoms with Crippen molar-refractivity contribution in [1.82, 2.24) is 4.90 Å². The van der Waals surface area contributed by atoms with Gasteiger partial charge in [0.2, 0.25) is 0 Å². The first-order valence-corrected chi connectivity index (χ1v) is 4.23. The highest BCUT2D eigenvalue weighted by molar-refractivity contribution is 5.03. The summed E-state index contributed by atoms with van der Waals surface area (Å²) in [5.41, 5.74) is 1.25. The van der Waals surface area contributed by atoms with E-state index < -0.39 is 0 Å². The minimum absolute atomic E-state index is 0.833. The Morgan fingerprint density at radius 1 is 1.27 bits per heavy atom. The van der Waals surface area contributed by atoms with Crippen molar-refractivity contribution in [3.05, 3.63) is 11.5 Å². The molecule has 2 heteroatoms. The van der Waals surface area contributed by atoms with Crippen molar-refractivity contribution >= 4 is 0 Å². The second-order valence-corrected chi connectivity index (χ2v) is 2.41. The van der Waals surface area contributed by atoms with Crippen molar-refractivity contribution in [3.8, 4) is 0 Å². The van der Waals surface area contributed by atoms with Crippen molar-refractivity contribution in [3.63, 3.8) is 0 Å². The number of hydrogen-bond donors (Lipinski definition) is 0. The molecule has 0 N–H and O–H groups in total. The Hall–Kier alpha value is -0.660. The van der Waals surface area contributed by atoms with Crippen LogP contribution in [0, 0.1) is 0 Å². The van der Waals surface area contributed by atoms with Crippen LogP contribution in [0.5, 0.6) is 0 Å². The fraction of sp³-hybridized carbons (Fsp3) is 0.778. The fourth-order valence-corrected chi connectivity index (χ4v) is 0.877. The molecule has 0 aliphatic carbocycles. The van der Waals surface area contributed by atoms with E-state index in [0.29, 0.717) is 0 Å². The predicted molar refractivity (Wildman–Crippen MR) is 48.3 cm³/mol. The first-order valence-electron chi connectivity index (χ1n) is 4.23. The topological polar surface area (TPSA) is 12.5 Å². The van der Waals surface area contributed by atoms with Crippen LogP contribution in [0.15, 0.2) is 11.5 Å². The second-order valence-electron chi connectivity index (χ2n) is 2.41. The standard InChI is InChI=1S/C7H13NO.C2H6/c1-6-7(2)9-5-4-8(6)3;1-2/h4-5H2,1-3H3;1-2H3. The van der Waals surface area contributed by atoms with Crippen LogP contribution in [-0.4, -0.2) is 25.1 Å². The third-order valence-electron chi connectivity index (χ3n) is 1.83. The smallest absolute Gasteiger partial charge is 0.112 e. The zero-order valence-corrected chi connectivity index (χ0v) is 8.27. The highest BCUT2D eigenvalue weighted by Gasteiger charge is 2.09. The van der Waals surface area contributed by atoms with Crippen LogP contribution in [0.2, 0.25) is 0 Å². The van der Waals surface area contributed by atoms with Crippen LogP contribution in [-0.2, 0) is 4.74 Å². The summed E-state index contributed by atoms with van der Waals surface area (Å²) in [6.07, 6.45) is 0. The molecule has 0 spiro atoms. The van der Waals surface area contributed by atoms with Crippen molar-refractivity contribution < 1.29 is 4.74 Å². The van der Waals surface area contributed by atoms with E-state index in [4.69, 9.17) is 4.74 Å². The van der Waals surface area contributed by atoms with Gasteiger partial charge in [-0.25, -0.2) is 0 Å². The predicted octanol–water partition coefficient (Wildman–Crippen LogP) is 2.23. The van der Waals surface area contributed by atoms with E-state index in [1.54, 1.807) is 0 Å². The van der Waals surface area contributed by atoms with Gasteiger partial charge in [0, 0.05) is 12.7 Å². The molecule has 0 amide bonds. The largest absolute Gasteiger partial charge is 0.495 e. The molecule has 0 radical (unpaired) electrons. The molecule has 0 atom stereocenters. The maximum atomic E-state index is 5.30. The normalized spacial score (nSPS) is 17.0. The molecular weight excluding hydrogens is 138 g/mol. The van der Waals surface area contributed by atoms with E-state index in [0.717, 1.165) is 18.9 Å². The summed E-state index contributed by atoms with van der Waals surface area (Å²) in [6.45, 7) is 9.93. The van der Waals surface area contributed by atoms with Gasteiger partial charge in [0.15, 0.2) is 0 Å². The van der Waals surface area contributed by atoms with Gasteiger partial charge in [-0.05, 0) is 13.8 Å². The van der Waals surface area contributed by atoms with Gasteiger partial charge in [-0.15, -0.1) is 0 Å². The van der Waals surface area contributed by atoms with Crippen LogP contribution in [0.3, 0.4) is 0 Å². The average Bonchev–Trinajstić information content (AvgIpc) is 2.04. The van der Waals surface area contributed by atoms with E-state index in [1.165, 1.54) is 5.70 Å². The molecule has 0 aromatic rings. The van der Waals surface area contributed by atoms with E-state index in [-0.39, 0.29) is 0 Å². The lowest BCUT2D eigenvalue weighted by Crippen LogP contribution is -2.26. The van der Waals surface area contributed by atoms with Gasteiger partial charge in [-0.1, -0.05) is 13.8 Å². The fourth-order valence-electron chi connectivity index (χ4n) is 0.877. The first-order chi connectivity index (χ1) is 5.22. The molecule has 11 heavy (non-hydrogen) atoms. The number of likely N-dealkylation sites (N-methyl/N-ethyl adjacent to an activating group) is 1. The van der Waals surface area contributed by atoms with Gasteiger partial charge in [-0.2, -0.15) is 0 Å². The summed E-state index contributed by atoms with van der Waals surface area (Å²) in [6, 6.07) is 0. The van der Waals surface area contributed by atoms with Crippen molar-refractivity contribution in [2.24, 2.45) is 0 Å². The molecule has 0 saturated heterocycles. The molecule has 66 valence electrons. The molecule has 0 unspecified atom stereocenters. The SMILES string of the molecule is CC.CC1=C(C)N(C)CCO1. The zero-order valence-electron chi connectivity index (χ0n) is 8.27. The second kappa shape index (κ2) is 5.05. The van der Waals surface area contributed by atoms with Gasteiger partial charge >= 0.3 is 0 Å². The number of hydrogen-bond acceptors (Lipinski definition) is 2. The summed E-state index contributed by atoms with van der Waals surface area (Å²) >= 11 is 0. The Morgan fingerprint density at radius 3 is 2.18 bits per heavy atom. The van der Waals surface area contributed by atoms with Gasteiger partial charge in [0.25, 0.3) is 0 Å². The molecular formula is C9H19NO. The molecule has 1 aliphatic heterocycles. The van der Waals surface area contributed by atoms with E-state index in [2.05, 4.69) is 18.9 Å². The summed E-state index contributed by atoms with van der Waals surface area (Å²) in [4.78, 5) is 2.21. The van der Waals surface area contributed by atoms with Crippen molar-refractivity contribution in [1.29, 1.82) is 0 Å². The van der Waals surface area contributed by atoms with Gasteiger partial charge in [0.1, 0.15) is 12.4 Å². The van der Waals surface area contributed by atoms with Gasteiger partial charge in [-0.3, -0.25) is 0 Å². The third-order valence-corrected chi connectivity index (χ3v) is 1.83. The Balaban J connectivity index is 0.000000461. The van der Waals surface area contributed by atoms with E-state index in [9.17, 15) is 0 Å².